The third-order valence-corrected chi connectivity index (χ3v) is 2.96. The number of nitrogens with one attached hydrogen (secondary N) is 1. The number of hydrogen-bond donors (Lipinski definition) is 1. The van der Waals surface area contributed by atoms with Crippen LogP contribution in [0.3, 0.4) is 0 Å². The summed E-state index contributed by atoms with van der Waals surface area (Å²) in [6.07, 6.45) is 5.45. The third kappa shape index (κ3) is 2.60. The lowest BCUT2D eigenvalue weighted by Crippen LogP contribution is -2.19. The molecule has 0 spiro atoms. The number of halogens is 1. The van der Waals surface area contributed by atoms with Crippen molar-refractivity contribution in [3.63, 3.8) is 0 Å². The second kappa shape index (κ2) is 5.19. The molecule has 1 aromatic rings. The van der Waals surface area contributed by atoms with Gasteiger partial charge in [0.2, 0.25) is 0 Å². The molecule has 14 heavy (non-hydrogen) atoms. The van der Waals surface area contributed by atoms with E-state index < -0.39 is 0 Å². The highest BCUT2D eigenvalue weighted by atomic mass is 79.9. The van der Waals surface area contributed by atoms with Gasteiger partial charge >= 0.3 is 0 Å². The molecule has 0 amide bonds. The zero-order chi connectivity index (χ0) is 10.6. The standard InChI is InChI=1S/C12H14BrN/c1-4-12(14-5-2)10-7-6-9(3)11(13)8-10/h1,6-8,12,14H,5H2,2-3H3. The molecule has 1 atom stereocenters. The maximum Gasteiger partial charge on any atom is 0.0943 e. The fourth-order valence-corrected chi connectivity index (χ4v) is 1.66. The molecule has 1 rings (SSSR count). The number of aryl methyl sites for hydroxylation is 1. The van der Waals surface area contributed by atoms with Crippen molar-refractivity contribution in [1.29, 1.82) is 0 Å². The van der Waals surface area contributed by atoms with E-state index in [0.29, 0.717) is 0 Å². The van der Waals surface area contributed by atoms with Crippen LogP contribution in [0.1, 0.15) is 24.1 Å². The van der Waals surface area contributed by atoms with Crippen LogP contribution in [-0.2, 0) is 0 Å². The lowest BCUT2D eigenvalue weighted by molar-refractivity contribution is 0.664. The first kappa shape index (κ1) is 11.3. The smallest absolute Gasteiger partial charge is 0.0943 e. The molecule has 0 saturated carbocycles. The van der Waals surface area contributed by atoms with Gasteiger partial charge in [0.25, 0.3) is 0 Å². The molecule has 0 aliphatic rings. The van der Waals surface area contributed by atoms with Gasteiger partial charge < -0.3 is 5.32 Å². The summed E-state index contributed by atoms with van der Waals surface area (Å²) in [6, 6.07) is 6.22. The Morgan fingerprint density at radius 1 is 1.57 bits per heavy atom. The first-order valence-electron chi connectivity index (χ1n) is 4.64. The van der Waals surface area contributed by atoms with E-state index >= 15 is 0 Å². The molecule has 0 radical (unpaired) electrons. The van der Waals surface area contributed by atoms with Gasteiger partial charge in [-0.3, -0.25) is 0 Å². The van der Waals surface area contributed by atoms with Gasteiger partial charge in [0, 0.05) is 4.47 Å². The summed E-state index contributed by atoms with van der Waals surface area (Å²) in [5.41, 5.74) is 2.35. The Hall–Kier alpha value is -0.780. The molecule has 0 saturated heterocycles. The number of benzene rings is 1. The predicted molar refractivity (Wildman–Crippen MR) is 64.1 cm³/mol. The molecule has 1 unspecified atom stereocenters. The zero-order valence-electron chi connectivity index (χ0n) is 8.47. The van der Waals surface area contributed by atoms with E-state index in [0.717, 1.165) is 16.6 Å². The van der Waals surface area contributed by atoms with Crippen molar-refractivity contribution in [2.45, 2.75) is 19.9 Å². The van der Waals surface area contributed by atoms with Gasteiger partial charge in [0.1, 0.15) is 0 Å². The monoisotopic (exact) mass is 251 g/mol. The van der Waals surface area contributed by atoms with E-state index in [1.165, 1.54) is 5.56 Å². The summed E-state index contributed by atoms with van der Waals surface area (Å²) < 4.78 is 1.10. The van der Waals surface area contributed by atoms with Crippen LogP contribution >= 0.6 is 15.9 Å². The Bertz CT molecular complexity index is 352. The van der Waals surface area contributed by atoms with Crippen molar-refractivity contribution >= 4 is 15.9 Å². The van der Waals surface area contributed by atoms with E-state index in [-0.39, 0.29) is 6.04 Å². The highest BCUT2D eigenvalue weighted by molar-refractivity contribution is 9.10. The average Bonchev–Trinajstić information content (AvgIpc) is 2.19. The van der Waals surface area contributed by atoms with Crippen molar-refractivity contribution in [3.8, 4) is 12.3 Å². The minimum Gasteiger partial charge on any atom is -0.300 e. The van der Waals surface area contributed by atoms with Crippen LogP contribution in [0.15, 0.2) is 22.7 Å². The van der Waals surface area contributed by atoms with Crippen molar-refractivity contribution in [3.05, 3.63) is 33.8 Å². The van der Waals surface area contributed by atoms with Crippen LogP contribution in [0.5, 0.6) is 0 Å². The molecule has 1 aromatic carbocycles. The Kier molecular flexibility index (Phi) is 4.19. The number of rotatable bonds is 3. The summed E-state index contributed by atoms with van der Waals surface area (Å²) in [5.74, 6) is 2.73. The largest absolute Gasteiger partial charge is 0.300 e. The molecule has 0 aromatic heterocycles. The maximum atomic E-state index is 5.45. The molecule has 0 aliphatic carbocycles. The number of hydrogen-bond acceptors (Lipinski definition) is 1. The normalized spacial score (nSPS) is 12.1. The predicted octanol–water partition coefficient (Wildman–Crippen LogP) is 3.04. The zero-order valence-corrected chi connectivity index (χ0v) is 10.1. The van der Waals surface area contributed by atoms with E-state index in [1.807, 2.05) is 6.92 Å². The highest BCUT2D eigenvalue weighted by Crippen LogP contribution is 2.21. The second-order valence-electron chi connectivity index (χ2n) is 3.17. The molecule has 2 heteroatoms. The Morgan fingerprint density at radius 2 is 2.29 bits per heavy atom. The van der Waals surface area contributed by atoms with Crippen LogP contribution < -0.4 is 5.32 Å². The molecule has 0 heterocycles. The van der Waals surface area contributed by atoms with Gasteiger partial charge in [-0.15, -0.1) is 6.42 Å². The van der Waals surface area contributed by atoms with Crippen LogP contribution in [0, 0.1) is 19.3 Å². The van der Waals surface area contributed by atoms with Crippen LogP contribution in [-0.4, -0.2) is 6.54 Å². The fraction of sp³-hybridized carbons (Fsp3) is 0.333. The van der Waals surface area contributed by atoms with Crippen LogP contribution in [0.2, 0.25) is 0 Å². The SMILES string of the molecule is C#CC(NCC)c1ccc(C)c(Br)c1. The van der Waals surface area contributed by atoms with E-state index in [4.69, 9.17) is 6.42 Å². The van der Waals surface area contributed by atoms with Crippen LogP contribution in [0.4, 0.5) is 0 Å². The highest BCUT2D eigenvalue weighted by Gasteiger charge is 2.07. The Labute approximate surface area is 94.0 Å². The summed E-state index contributed by atoms with van der Waals surface area (Å²) in [4.78, 5) is 0. The Morgan fingerprint density at radius 3 is 2.79 bits per heavy atom. The summed E-state index contributed by atoms with van der Waals surface area (Å²) in [5, 5.41) is 3.24. The first-order valence-corrected chi connectivity index (χ1v) is 5.44. The average molecular weight is 252 g/mol. The minimum atomic E-state index is 0.0110. The van der Waals surface area contributed by atoms with Gasteiger partial charge in [-0.05, 0) is 30.7 Å². The van der Waals surface area contributed by atoms with Crippen molar-refractivity contribution in [1.82, 2.24) is 5.32 Å². The molecule has 74 valence electrons. The molecule has 0 aliphatic heterocycles. The summed E-state index contributed by atoms with van der Waals surface area (Å²) >= 11 is 3.50. The van der Waals surface area contributed by atoms with Gasteiger partial charge in [0.05, 0.1) is 6.04 Å². The van der Waals surface area contributed by atoms with Crippen molar-refractivity contribution in [2.24, 2.45) is 0 Å². The number of terminal acetylenes is 1. The molecule has 0 bridgehead atoms. The molecule has 1 nitrogen and oxygen atoms in total. The molecule has 0 fully saturated rings. The Balaban J connectivity index is 2.95. The van der Waals surface area contributed by atoms with Gasteiger partial charge in [-0.2, -0.15) is 0 Å². The van der Waals surface area contributed by atoms with E-state index in [9.17, 15) is 0 Å². The maximum absolute atomic E-state index is 5.45. The third-order valence-electron chi connectivity index (χ3n) is 2.10. The molecular weight excluding hydrogens is 238 g/mol. The lowest BCUT2D eigenvalue weighted by atomic mass is 10.1. The molecule has 1 N–H and O–H groups in total. The molecular formula is C12H14BrN. The lowest BCUT2D eigenvalue weighted by Gasteiger charge is -2.12. The van der Waals surface area contributed by atoms with Crippen LogP contribution in [0.25, 0.3) is 0 Å². The topological polar surface area (TPSA) is 12.0 Å². The van der Waals surface area contributed by atoms with E-state index in [2.05, 4.69) is 52.3 Å². The van der Waals surface area contributed by atoms with E-state index in [1.54, 1.807) is 0 Å². The first-order chi connectivity index (χ1) is 6.69. The van der Waals surface area contributed by atoms with Crippen molar-refractivity contribution in [2.75, 3.05) is 6.54 Å². The van der Waals surface area contributed by atoms with Gasteiger partial charge in [0.15, 0.2) is 0 Å². The quantitative estimate of drug-likeness (QED) is 0.815. The second-order valence-corrected chi connectivity index (χ2v) is 4.02. The summed E-state index contributed by atoms with van der Waals surface area (Å²) in [6.45, 7) is 4.99. The van der Waals surface area contributed by atoms with Crippen molar-refractivity contribution < 1.29 is 0 Å². The van der Waals surface area contributed by atoms with Gasteiger partial charge in [-0.1, -0.05) is 40.9 Å². The minimum absolute atomic E-state index is 0.0110. The summed E-state index contributed by atoms with van der Waals surface area (Å²) in [7, 11) is 0. The van der Waals surface area contributed by atoms with Gasteiger partial charge in [-0.25, -0.2) is 0 Å². The fourth-order valence-electron chi connectivity index (χ4n) is 1.27.